The Hall–Kier alpha value is -1.39. The molecule has 0 aromatic heterocycles. The van der Waals surface area contributed by atoms with Gasteiger partial charge in [0.15, 0.2) is 0 Å². The maximum Gasteiger partial charge on any atom is 0.222 e. The Labute approximate surface area is 132 Å². The smallest absolute Gasteiger partial charge is 0.222 e. The van der Waals surface area contributed by atoms with Gasteiger partial charge in [-0.05, 0) is 37.2 Å². The van der Waals surface area contributed by atoms with Crippen molar-refractivity contribution in [3.05, 3.63) is 35.9 Å². The summed E-state index contributed by atoms with van der Waals surface area (Å²) in [6, 6.07) is 10.9. The van der Waals surface area contributed by atoms with Crippen LogP contribution in [0.3, 0.4) is 0 Å². The summed E-state index contributed by atoms with van der Waals surface area (Å²) >= 11 is 0. The van der Waals surface area contributed by atoms with Crippen LogP contribution >= 0.6 is 0 Å². The number of amides is 1. The summed E-state index contributed by atoms with van der Waals surface area (Å²) in [5.74, 6) is 0.716. The van der Waals surface area contributed by atoms with Gasteiger partial charge < -0.3 is 14.8 Å². The Morgan fingerprint density at radius 1 is 1.18 bits per heavy atom. The van der Waals surface area contributed by atoms with Gasteiger partial charge in [0.25, 0.3) is 0 Å². The van der Waals surface area contributed by atoms with Gasteiger partial charge in [0.05, 0.1) is 12.7 Å². The molecule has 1 aliphatic carbocycles. The van der Waals surface area contributed by atoms with Gasteiger partial charge in [0.2, 0.25) is 5.91 Å². The average molecular weight is 303 g/mol. The van der Waals surface area contributed by atoms with Crippen LogP contribution in [0.5, 0.6) is 0 Å². The largest absolute Gasteiger partial charge is 0.381 e. The highest BCUT2D eigenvalue weighted by Crippen LogP contribution is 2.36. The van der Waals surface area contributed by atoms with Crippen LogP contribution < -0.4 is 5.32 Å². The van der Waals surface area contributed by atoms with Gasteiger partial charge in [-0.15, -0.1) is 0 Å². The van der Waals surface area contributed by atoms with Gasteiger partial charge in [-0.1, -0.05) is 30.3 Å². The Morgan fingerprint density at radius 3 is 2.64 bits per heavy atom. The van der Waals surface area contributed by atoms with Crippen molar-refractivity contribution in [1.29, 1.82) is 0 Å². The molecule has 0 bridgehead atoms. The van der Waals surface area contributed by atoms with Gasteiger partial charge in [0, 0.05) is 25.7 Å². The second kappa shape index (κ2) is 7.75. The molecule has 1 amide bonds. The van der Waals surface area contributed by atoms with Crippen molar-refractivity contribution in [1.82, 2.24) is 5.32 Å². The van der Waals surface area contributed by atoms with Gasteiger partial charge in [-0.2, -0.15) is 0 Å². The minimum absolute atomic E-state index is 0.114. The normalized spacial score (nSPS) is 25.5. The summed E-state index contributed by atoms with van der Waals surface area (Å²) in [4.78, 5) is 11.9. The quantitative estimate of drug-likeness (QED) is 0.879. The Kier molecular flexibility index (Phi) is 5.46. The third-order valence-corrected chi connectivity index (χ3v) is 4.63. The first kappa shape index (κ1) is 15.5. The molecule has 22 heavy (non-hydrogen) atoms. The van der Waals surface area contributed by atoms with E-state index in [1.54, 1.807) is 0 Å². The predicted molar refractivity (Wildman–Crippen MR) is 84.8 cm³/mol. The van der Waals surface area contributed by atoms with Crippen LogP contribution in [0.4, 0.5) is 0 Å². The monoisotopic (exact) mass is 303 g/mol. The molecule has 1 aromatic carbocycles. The Bertz CT molecular complexity index is 464. The van der Waals surface area contributed by atoms with E-state index in [0.717, 1.165) is 38.9 Å². The maximum atomic E-state index is 11.9. The molecule has 1 heterocycles. The molecule has 4 nitrogen and oxygen atoms in total. The first-order valence-corrected chi connectivity index (χ1v) is 8.35. The van der Waals surface area contributed by atoms with E-state index < -0.39 is 0 Å². The minimum atomic E-state index is 0.114. The number of hydrogen-bond donors (Lipinski definition) is 1. The highest BCUT2D eigenvalue weighted by Gasteiger charge is 2.31. The fourth-order valence-electron chi connectivity index (χ4n) is 3.19. The number of carbonyl (C=O) groups is 1. The van der Waals surface area contributed by atoms with Crippen molar-refractivity contribution in [2.45, 2.75) is 50.2 Å². The SMILES string of the molecule is O=C(CCOC1CCOCC1)NC1CC(c2ccccc2)C1. The number of hydrogen-bond acceptors (Lipinski definition) is 3. The van der Waals surface area contributed by atoms with E-state index >= 15 is 0 Å². The van der Waals surface area contributed by atoms with Crippen LogP contribution in [-0.4, -0.2) is 37.9 Å². The van der Waals surface area contributed by atoms with Crippen LogP contribution in [0.25, 0.3) is 0 Å². The van der Waals surface area contributed by atoms with Crippen LogP contribution in [0, 0.1) is 0 Å². The first-order valence-electron chi connectivity index (χ1n) is 8.35. The van der Waals surface area contributed by atoms with E-state index in [2.05, 4.69) is 29.6 Å². The molecule has 120 valence electrons. The molecule has 1 saturated carbocycles. The van der Waals surface area contributed by atoms with Crippen LogP contribution in [0.1, 0.15) is 43.6 Å². The lowest BCUT2D eigenvalue weighted by molar-refractivity contribution is -0.124. The lowest BCUT2D eigenvalue weighted by atomic mass is 9.76. The molecule has 1 saturated heterocycles. The van der Waals surface area contributed by atoms with Crippen molar-refractivity contribution in [2.75, 3.05) is 19.8 Å². The Morgan fingerprint density at radius 2 is 1.91 bits per heavy atom. The molecule has 0 atom stereocenters. The van der Waals surface area contributed by atoms with Crippen LogP contribution in [-0.2, 0) is 14.3 Å². The molecule has 1 aromatic rings. The van der Waals surface area contributed by atoms with E-state index in [-0.39, 0.29) is 12.0 Å². The molecule has 2 aliphatic rings. The molecule has 0 unspecified atom stereocenters. The first-order chi connectivity index (χ1) is 10.8. The summed E-state index contributed by atoms with van der Waals surface area (Å²) in [5.41, 5.74) is 1.39. The van der Waals surface area contributed by atoms with Crippen molar-refractivity contribution in [3.8, 4) is 0 Å². The molecule has 1 aliphatic heterocycles. The Balaban J connectivity index is 1.29. The summed E-state index contributed by atoms with van der Waals surface area (Å²) in [6.45, 7) is 2.07. The molecular formula is C18H25NO3. The van der Waals surface area contributed by atoms with E-state index in [4.69, 9.17) is 9.47 Å². The zero-order valence-corrected chi connectivity index (χ0v) is 13.0. The van der Waals surface area contributed by atoms with Gasteiger partial charge in [0.1, 0.15) is 0 Å². The standard InChI is InChI=1S/C18H25NO3/c20-18(8-11-22-17-6-9-21-10-7-17)19-16-12-15(13-16)14-4-2-1-3-5-14/h1-5,15-17H,6-13H2,(H,19,20). The molecule has 0 radical (unpaired) electrons. The molecule has 2 fully saturated rings. The molecule has 0 spiro atoms. The molecule has 1 N–H and O–H groups in total. The molecule has 4 heteroatoms. The third-order valence-electron chi connectivity index (χ3n) is 4.63. The summed E-state index contributed by atoms with van der Waals surface area (Å²) < 4.78 is 11.0. The number of benzene rings is 1. The fourth-order valence-corrected chi connectivity index (χ4v) is 3.19. The molecule has 3 rings (SSSR count). The topological polar surface area (TPSA) is 47.6 Å². The second-order valence-corrected chi connectivity index (χ2v) is 6.28. The van der Waals surface area contributed by atoms with Gasteiger partial charge in [-0.3, -0.25) is 4.79 Å². The molecular weight excluding hydrogens is 278 g/mol. The van der Waals surface area contributed by atoms with Gasteiger partial charge in [-0.25, -0.2) is 0 Å². The summed E-state index contributed by atoms with van der Waals surface area (Å²) in [6.07, 6.45) is 4.73. The van der Waals surface area contributed by atoms with E-state index in [1.165, 1.54) is 5.56 Å². The number of carbonyl (C=O) groups excluding carboxylic acids is 1. The zero-order valence-electron chi connectivity index (χ0n) is 13.0. The average Bonchev–Trinajstić information content (AvgIpc) is 2.52. The zero-order chi connectivity index (χ0) is 15.2. The second-order valence-electron chi connectivity index (χ2n) is 6.28. The van der Waals surface area contributed by atoms with E-state index in [0.29, 0.717) is 25.0 Å². The minimum Gasteiger partial charge on any atom is -0.381 e. The number of nitrogens with one attached hydrogen (secondary N) is 1. The summed E-state index contributed by atoms with van der Waals surface area (Å²) in [5, 5.41) is 3.11. The maximum absolute atomic E-state index is 11.9. The third kappa shape index (κ3) is 4.31. The fraction of sp³-hybridized carbons (Fsp3) is 0.611. The highest BCUT2D eigenvalue weighted by molar-refractivity contribution is 5.76. The predicted octanol–water partition coefficient (Wildman–Crippen LogP) is 2.63. The van der Waals surface area contributed by atoms with Crippen molar-refractivity contribution < 1.29 is 14.3 Å². The van der Waals surface area contributed by atoms with Crippen molar-refractivity contribution >= 4 is 5.91 Å². The lowest BCUT2D eigenvalue weighted by Gasteiger charge is -2.36. The van der Waals surface area contributed by atoms with Gasteiger partial charge >= 0.3 is 0 Å². The van der Waals surface area contributed by atoms with E-state index in [9.17, 15) is 4.79 Å². The van der Waals surface area contributed by atoms with Crippen LogP contribution in [0.2, 0.25) is 0 Å². The highest BCUT2D eigenvalue weighted by atomic mass is 16.5. The van der Waals surface area contributed by atoms with Crippen LogP contribution in [0.15, 0.2) is 30.3 Å². The number of rotatable bonds is 6. The van der Waals surface area contributed by atoms with Crippen molar-refractivity contribution in [2.24, 2.45) is 0 Å². The van der Waals surface area contributed by atoms with Crippen molar-refractivity contribution in [3.63, 3.8) is 0 Å². The van der Waals surface area contributed by atoms with E-state index in [1.807, 2.05) is 6.07 Å². The number of ether oxygens (including phenoxy) is 2. The summed E-state index contributed by atoms with van der Waals surface area (Å²) in [7, 11) is 0. The lowest BCUT2D eigenvalue weighted by Crippen LogP contribution is -2.43.